The molecule has 1 aliphatic heterocycles. The minimum absolute atomic E-state index is 0.376. The molecule has 17 heavy (non-hydrogen) atoms. The highest BCUT2D eigenvalue weighted by atomic mass is 32.2. The molecule has 1 aromatic rings. The van der Waals surface area contributed by atoms with Gasteiger partial charge in [-0.2, -0.15) is 4.31 Å². The quantitative estimate of drug-likeness (QED) is 0.815. The van der Waals surface area contributed by atoms with Crippen LogP contribution in [0.5, 0.6) is 0 Å². The molecule has 94 valence electrons. The summed E-state index contributed by atoms with van der Waals surface area (Å²) in [5, 5.41) is 0. The Bertz CT molecular complexity index is 525. The van der Waals surface area contributed by atoms with Crippen molar-refractivity contribution in [2.75, 3.05) is 18.8 Å². The molecule has 1 aliphatic rings. The van der Waals surface area contributed by atoms with Crippen LogP contribution in [0, 0.1) is 12.8 Å². The molecule has 2 N–H and O–H groups in total. The predicted octanol–water partition coefficient (Wildman–Crippen LogP) is 1.61. The maximum absolute atomic E-state index is 12.4. The average molecular weight is 254 g/mol. The van der Waals surface area contributed by atoms with E-state index in [1.54, 1.807) is 29.4 Å². The van der Waals surface area contributed by atoms with Crippen molar-refractivity contribution < 1.29 is 8.42 Å². The summed E-state index contributed by atoms with van der Waals surface area (Å²) >= 11 is 0. The van der Waals surface area contributed by atoms with Crippen LogP contribution in [0.1, 0.15) is 18.9 Å². The molecule has 2 rings (SSSR count). The maximum atomic E-state index is 12.4. The minimum Gasteiger partial charge on any atom is -0.399 e. The first kappa shape index (κ1) is 12.4. The number of nitrogen functional groups attached to an aromatic ring is 1. The van der Waals surface area contributed by atoms with Gasteiger partial charge in [0.25, 0.3) is 0 Å². The molecule has 0 saturated carbocycles. The van der Waals surface area contributed by atoms with Gasteiger partial charge in [-0.3, -0.25) is 0 Å². The van der Waals surface area contributed by atoms with Gasteiger partial charge in [-0.05, 0) is 43.0 Å². The molecule has 5 heteroatoms. The molecule has 1 unspecified atom stereocenters. The van der Waals surface area contributed by atoms with E-state index in [-0.39, 0.29) is 0 Å². The smallest absolute Gasteiger partial charge is 0.243 e. The minimum atomic E-state index is -3.34. The number of nitrogens with zero attached hydrogens (tertiary/aromatic N) is 1. The van der Waals surface area contributed by atoms with Gasteiger partial charge in [-0.25, -0.2) is 8.42 Å². The normalized spacial score (nSPS) is 21.9. The van der Waals surface area contributed by atoms with Crippen molar-refractivity contribution in [1.82, 2.24) is 4.31 Å². The number of nitrogens with two attached hydrogens (primary N) is 1. The van der Waals surface area contributed by atoms with Crippen LogP contribution in [0.4, 0.5) is 5.69 Å². The number of sulfonamides is 1. The van der Waals surface area contributed by atoms with Gasteiger partial charge >= 0.3 is 0 Å². The molecule has 1 heterocycles. The Labute approximate surface area is 102 Å². The van der Waals surface area contributed by atoms with Crippen molar-refractivity contribution in [3.8, 4) is 0 Å². The third-order valence-electron chi connectivity index (χ3n) is 3.20. The second-order valence-electron chi connectivity index (χ2n) is 4.78. The Morgan fingerprint density at radius 1 is 1.41 bits per heavy atom. The summed E-state index contributed by atoms with van der Waals surface area (Å²) in [4.78, 5) is 0.376. The second-order valence-corrected chi connectivity index (χ2v) is 6.69. The molecule has 1 aromatic carbocycles. The highest BCUT2D eigenvalue weighted by Crippen LogP contribution is 2.26. The van der Waals surface area contributed by atoms with Crippen molar-refractivity contribution in [1.29, 1.82) is 0 Å². The van der Waals surface area contributed by atoms with Crippen LogP contribution >= 0.6 is 0 Å². The summed E-state index contributed by atoms with van der Waals surface area (Å²) in [6.07, 6.45) is 0.938. The molecular formula is C12H18N2O2S. The Balaban J connectivity index is 2.38. The fourth-order valence-corrected chi connectivity index (χ4v) is 3.99. The van der Waals surface area contributed by atoms with Crippen LogP contribution in [-0.4, -0.2) is 25.8 Å². The lowest BCUT2D eigenvalue weighted by molar-refractivity contribution is 0.464. The number of aryl methyl sites for hydroxylation is 1. The predicted molar refractivity (Wildman–Crippen MR) is 68.1 cm³/mol. The van der Waals surface area contributed by atoms with Gasteiger partial charge in [0.15, 0.2) is 0 Å². The van der Waals surface area contributed by atoms with Gasteiger partial charge in [0, 0.05) is 18.8 Å². The lowest BCUT2D eigenvalue weighted by Gasteiger charge is -2.17. The van der Waals surface area contributed by atoms with Crippen molar-refractivity contribution in [2.45, 2.75) is 25.2 Å². The van der Waals surface area contributed by atoms with E-state index >= 15 is 0 Å². The zero-order valence-electron chi connectivity index (χ0n) is 10.2. The van der Waals surface area contributed by atoms with Gasteiger partial charge in [-0.1, -0.05) is 6.92 Å². The molecule has 1 saturated heterocycles. The standard InChI is InChI=1S/C12H18N2O2S/c1-9-5-6-14(8-9)17(15,16)12-4-3-11(13)7-10(12)2/h3-4,7,9H,5-6,8,13H2,1-2H3. The zero-order valence-corrected chi connectivity index (χ0v) is 11.0. The van der Waals surface area contributed by atoms with Crippen molar-refractivity contribution in [3.63, 3.8) is 0 Å². The monoisotopic (exact) mass is 254 g/mol. The van der Waals surface area contributed by atoms with Gasteiger partial charge in [0.05, 0.1) is 4.90 Å². The van der Waals surface area contributed by atoms with E-state index in [1.165, 1.54) is 0 Å². The fraction of sp³-hybridized carbons (Fsp3) is 0.500. The Morgan fingerprint density at radius 3 is 2.65 bits per heavy atom. The molecule has 1 atom stereocenters. The second kappa shape index (κ2) is 4.31. The topological polar surface area (TPSA) is 63.4 Å². The van der Waals surface area contributed by atoms with Crippen LogP contribution in [0.3, 0.4) is 0 Å². The largest absolute Gasteiger partial charge is 0.399 e. The Kier molecular flexibility index (Phi) is 3.14. The van der Waals surface area contributed by atoms with Crippen LogP contribution in [0.25, 0.3) is 0 Å². The molecule has 4 nitrogen and oxygen atoms in total. The van der Waals surface area contributed by atoms with Gasteiger partial charge in [0.1, 0.15) is 0 Å². The van der Waals surface area contributed by atoms with E-state index < -0.39 is 10.0 Å². The number of hydrogen-bond acceptors (Lipinski definition) is 3. The third kappa shape index (κ3) is 2.30. The molecule has 0 bridgehead atoms. The molecule has 0 radical (unpaired) electrons. The van der Waals surface area contributed by atoms with Crippen LogP contribution in [0.2, 0.25) is 0 Å². The van der Waals surface area contributed by atoms with Crippen molar-refractivity contribution >= 4 is 15.7 Å². The molecule has 1 fully saturated rings. The van der Waals surface area contributed by atoms with Gasteiger partial charge in [-0.15, -0.1) is 0 Å². The van der Waals surface area contributed by atoms with E-state index in [2.05, 4.69) is 6.92 Å². The van der Waals surface area contributed by atoms with E-state index in [0.29, 0.717) is 35.2 Å². The first-order valence-electron chi connectivity index (χ1n) is 5.77. The Morgan fingerprint density at radius 2 is 2.12 bits per heavy atom. The molecule has 0 aliphatic carbocycles. The number of anilines is 1. The SMILES string of the molecule is Cc1cc(N)ccc1S(=O)(=O)N1CCC(C)C1. The molecule has 0 aromatic heterocycles. The van der Waals surface area contributed by atoms with Crippen LogP contribution in [0.15, 0.2) is 23.1 Å². The van der Waals surface area contributed by atoms with E-state index in [4.69, 9.17) is 5.73 Å². The Hall–Kier alpha value is -1.07. The lowest BCUT2D eigenvalue weighted by Crippen LogP contribution is -2.29. The van der Waals surface area contributed by atoms with E-state index in [9.17, 15) is 8.42 Å². The molecule has 0 spiro atoms. The summed E-state index contributed by atoms with van der Waals surface area (Å²) in [7, 11) is -3.34. The van der Waals surface area contributed by atoms with E-state index in [0.717, 1.165) is 6.42 Å². The van der Waals surface area contributed by atoms with Crippen molar-refractivity contribution in [2.24, 2.45) is 5.92 Å². The van der Waals surface area contributed by atoms with E-state index in [1.807, 2.05) is 0 Å². The van der Waals surface area contributed by atoms with Crippen molar-refractivity contribution in [3.05, 3.63) is 23.8 Å². The highest BCUT2D eigenvalue weighted by Gasteiger charge is 2.31. The maximum Gasteiger partial charge on any atom is 0.243 e. The lowest BCUT2D eigenvalue weighted by atomic mass is 10.2. The molecular weight excluding hydrogens is 236 g/mol. The fourth-order valence-electron chi connectivity index (χ4n) is 2.21. The van der Waals surface area contributed by atoms with Gasteiger partial charge < -0.3 is 5.73 Å². The van der Waals surface area contributed by atoms with Crippen LogP contribution < -0.4 is 5.73 Å². The van der Waals surface area contributed by atoms with Gasteiger partial charge in [0.2, 0.25) is 10.0 Å². The number of hydrogen-bond donors (Lipinski definition) is 1. The molecule has 0 amide bonds. The first-order valence-corrected chi connectivity index (χ1v) is 7.21. The number of rotatable bonds is 2. The average Bonchev–Trinajstić information content (AvgIpc) is 2.64. The summed E-state index contributed by atoms with van der Waals surface area (Å²) in [6, 6.07) is 4.94. The zero-order chi connectivity index (χ0) is 12.6. The first-order chi connectivity index (χ1) is 7.91. The highest BCUT2D eigenvalue weighted by molar-refractivity contribution is 7.89. The summed E-state index contributed by atoms with van der Waals surface area (Å²) in [5.41, 5.74) is 6.94. The third-order valence-corrected chi connectivity index (χ3v) is 5.23. The summed E-state index contributed by atoms with van der Waals surface area (Å²) in [5.74, 6) is 0.443. The van der Waals surface area contributed by atoms with Crippen LogP contribution in [-0.2, 0) is 10.0 Å². The summed E-state index contributed by atoms with van der Waals surface area (Å²) < 4.78 is 26.4. The summed E-state index contributed by atoms with van der Waals surface area (Å²) in [6.45, 7) is 5.09. The number of benzene rings is 1.